The van der Waals surface area contributed by atoms with E-state index in [-0.39, 0.29) is 11.8 Å². The number of carbonyl (C=O) groups excluding carboxylic acids is 2. The van der Waals surface area contributed by atoms with Crippen LogP contribution in [0.5, 0.6) is 0 Å². The standard InChI is InChI=1S/C10H21N3O3/c1-3-9(15)11-4-6-13(2)7-5-12-10(16)8-14/h14H,3-8H2,1-2H3,(H,11,15)(H,12,16). The molecule has 0 saturated heterocycles. The number of aliphatic hydroxyl groups is 1. The van der Waals surface area contributed by atoms with Crippen molar-refractivity contribution in [3.63, 3.8) is 0 Å². The fraction of sp³-hybridized carbons (Fsp3) is 0.800. The van der Waals surface area contributed by atoms with Gasteiger partial charge in [-0.2, -0.15) is 0 Å². The van der Waals surface area contributed by atoms with Crippen LogP contribution in [0.3, 0.4) is 0 Å². The van der Waals surface area contributed by atoms with Gasteiger partial charge in [-0.25, -0.2) is 0 Å². The first-order valence-electron chi connectivity index (χ1n) is 5.43. The van der Waals surface area contributed by atoms with Gasteiger partial charge in [0.05, 0.1) is 0 Å². The Bertz CT molecular complexity index is 199. The zero-order valence-corrected chi connectivity index (χ0v) is 9.95. The van der Waals surface area contributed by atoms with Gasteiger partial charge in [-0.1, -0.05) is 6.92 Å². The summed E-state index contributed by atoms with van der Waals surface area (Å²) >= 11 is 0. The van der Waals surface area contributed by atoms with Crippen LogP contribution in [0.2, 0.25) is 0 Å². The van der Waals surface area contributed by atoms with Crippen molar-refractivity contribution in [2.75, 3.05) is 39.8 Å². The molecule has 6 nitrogen and oxygen atoms in total. The second kappa shape index (κ2) is 9.11. The summed E-state index contributed by atoms with van der Waals surface area (Å²) in [5, 5.41) is 13.8. The van der Waals surface area contributed by atoms with E-state index in [0.717, 1.165) is 6.54 Å². The van der Waals surface area contributed by atoms with Crippen LogP contribution in [0.4, 0.5) is 0 Å². The molecule has 0 aromatic heterocycles. The van der Waals surface area contributed by atoms with Gasteiger partial charge < -0.3 is 20.6 Å². The maximum atomic E-state index is 10.9. The number of carbonyl (C=O) groups is 2. The normalized spacial score (nSPS) is 10.2. The number of rotatable bonds is 8. The first kappa shape index (κ1) is 14.9. The number of nitrogens with one attached hydrogen (secondary N) is 2. The van der Waals surface area contributed by atoms with Crippen molar-refractivity contribution in [1.82, 2.24) is 15.5 Å². The molecule has 94 valence electrons. The van der Waals surface area contributed by atoms with Crippen molar-refractivity contribution in [3.8, 4) is 0 Å². The molecule has 3 N–H and O–H groups in total. The molecule has 0 saturated carbocycles. The van der Waals surface area contributed by atoms with Gasteiger partial charge in [-0.3, -0.25) is 9.59 Å². The molecular formula is C10H21N3O3. The van der Waals surface area contributed by atoms with Crippen molar-refractivity contribution < 1.29 is 14.7 Å². The Morgan fingerprint density at radius 2 is 1.62 bits per heavy atom. The lowest BCUT2D eigenvalue weighted by molar-refractivity contribution is -0.123. The minimum atomic E-state index is -0.476. The van der Waals surface area contributed by atoms with Gasteiger partial charge in [0.15, 0.2) is 0 Å². The Balaban J connectivity index is 3.41. The monoisotopic (exact) mass is 231 g/mol. The predicted octanol–water partition coefficient (Wildman–Crippen LogP) is -1.45. The number of aliphatic hydroxyl groups excluding tert-OH is 1. The molecular weight excluding hydrogens is 210 g/mol. The maximum Gasteiger partial charge on any atom is 0.245 e. The fourth-order valence-corrected chi connectivity index (χ4v) is 1.07. The summed E-state index contributed by atoms with van der Waals surface area (Å²) in [5.74, 6) is -0.324. The third kappa shape index (κ3) is 8.19. The molecule has 2 amide bonds. The number of nitrogens with zero attached hydrogens (tertiary/aromatic N) is 1. The highest BCUT2D eigenvalue weighted by atomic mass is 16.3. The lowest BCUT2D eigenvalue weighted by Crippen LogP contribution is -2.38. The molecule has 0 aromatic rings. The number of amides is 2. The summed E-state index contributed by atoms with van der Waals surface area (Å²) in [4.78, 5) is 23.6. The van der Waals surface area contributed by atoms with Crippen LogP contribution in [0.15, 0.2) is 0 Å². The average Bonchev–Trinajstić information content (AvgIpc) is 2.28. The molecule has 0 aromatic carbocycles. The van der Waals surface area contributed by atoms with Gasteiger partial charge in [-0.05, 0) is 7.05 Å². The lowest BCUT2D eigenvalue weighted by atomic mass is 10.4. The van der Waals surface area contributed by atoms with Crippen LogP contribution >= 0.6 is 0 Å². The molecule has 0 heterocycles. The van der Waals surface area contributed by atoms with E-state index >= 15 is 0 Å². The number of likely N-dealkylation sites (N-methyl/N-ethyl adjacent to an activating group) is 1. The molecule has 0 bridgehead atoms. The quantitative estimate of drug-likeness (QED) is 0.477. The van der Waals surface area contributed by atoms with Crippen LogP contribution in [0.1, 0.15) is 13.3 Å². The predicted molar refractivity (Wildman–Crippen MR) is 60.9 cm³/mol. The van der Waals surface area contributed by atoms with Crippen LogP contribution in [-0.2, 0) is 9.59 Å². The highest BCUT2D eigenvalue weighted by Gasteiger charge is 2.01. The minimum Gasteiger partial charge on any atom is -0.387 e. The Morgan fingerprint density at radius 1 is 1.12 bits per heavy atom. The van der Waals surface area contributed by atoms with Crippen molar-refractivity contribution in [1.29, 1.82) is 0 Å². The first-order chi connectivity index (χ1) is 7.60. The summed E-state index contributed by atoms with van der Waals surface area (Å²) in [6.07, 6.45) is 0.496. The van der Waals surface area contributed by atoms with E-state index in [1.165, 1.54) is 0 Å². The van der Waals surface area contributed by atoms with Crippen molar-refractivity contribution >= 4 is 11.8 Å². The van der Waals surface area contributed by atoms with Crippen molar-refractivity contribution in [3.05, 3.63) is 0 Å². The van der Waals surface area contributed by atoms with E-state index in [2.05, 4.69) is 10.6 Å². The molecule has 0 aliphatic rings. The Labute approximate surface area is 96.0 Å². The molecule has 0 aliphatic carbocycles. The van der Waals surface area contributed by atoms with Gasteiger partial charge in [0.25, 0.3) is 0 Å². The molecule has 0 aliphatic heterocycles. The molecule has 0 fully saturated rings. The molecule has 16 heavy (non-hydrogen) atoms. The Morgan fingerprint density at radius 3 is 2.06 bits per heavy atom. The zero-order chi connectivity index (χ0) is 12.4. The largest absolute Gasteiger partial charge is 0.387 e. The van der Waals surface area contributed by atoms with Crippen molar-refractivity contribution in [2.24, 2.45) is 0 Å². The van der Waals surface area contributed by atoms with Gasteiger partial charge in [0, 0.05) is 32.6 Å². The summed E-state index contributed by atoms with van der Waals surface area (Å²) < 4.78 is 0. The van der Waals surface area contributed by atoms with Gasteiger partial charge >= 0.3 is 0 Å². The third-order valence-corrected chi connectivity index (χ3v) is 2.10. The van der Waals surface area contributed by atoms with E-state index in [0.29, 0.717) is 26.1 Å². The second-order valence-electron chi connectivity index (χ2n) is 3.51. The topological polar surface area (TPSA) is 81.7 Å². The number of hydrogen-bond donors (Lipinski definition) is 3. The van der Waals surface area contributed by atoms with Crippen LogP contribution in [0.25, 0.3) is 0 Å². The fourth-order valence-electron chi connectivity index (χ4n) is 1.07. The summed E-state index contributed by atoms with van der Waals surface area (Å²) in [6, 6.07) is 0. The highest BCUT2D eigenvalue weighted by molar-refractivity contribution is 5.76. The molecule has 0 atom stereocenters. The van der Waals surface area contributed by atoms with E-state index in [1.807, 2.05) is 18.9 Å². The zero-order valence-electron chi connectivity index (χ0n) is 9.95. The number of hydrogen-bond acceptors (Lipinski definition) is 4. The van der Waals surface area contributed by atoms with E-state index in [4.69, 9.17) is 5.11 Å². The van der Waals surface area contributed by atoms with Crippen molar-refractivity contribution in [2.45, 2.75) is 13.3 Å². The van der Waals surface area contributed by atoms with E-state index in [9.17, 15) is 9.59 Å². The van der Waals surface area contributed by atoms with Gasteiger partial charge in [0.2, 0.25) is 11.8 Å². The second-order valence-corrected chi connectivity index (χ2v) is 3.51. The molecule has 0 rings (SSSR count). The SMILES string of the molecule is CCC(=O)NCCN(C)CCNC(=O)CO. The molecule has 0 unspecified atom stereocenters. The summed E-state index contributed by atoms with van der Waals surface area (Å²) in [6.45, 7) is 3.86. The molecule has 0 spiro atoms. The average molecular weight is 231 g/mol. The third-order valence-electron chi connectivity index (χ3n) is 2.10. The highest BCUT2D eigenvalue weighted by Crippen LogP contribution is 1.80. The lowest BCUT2D eigenvalue weighted by Gasteiger charge is -2.16. The minimum absolute atomic E-state index is 0.0435. The molecule has 6 heteroatoms. The van der Waals surface area contributed by atoms with Crippen LogP contribution < -0.4 is 10.6 Å². The van der Waals surface area contributed by atoms with E-state index < -0.39 is 6.61 Å². The Kier molecular flexibility index (Phi) is 8.46. The summed E-state index contributed by atoms with van der Waals surface area (Å²) in [5.41, 5.74) is 0. The first-order valence-corrected chi connectivity index (χ1v) is 5.43. The van der Waals surface area contributed by atoms with Gasteiger partial charge in [0.1, 0.15) is 6.61 Å². The van der Waals surface area contributed by atoms with Crippen LogP contribution in [0, 0.1) is 0 Å². The van der Waals surface area contributed by atoms with Gasteiger partial charge in [-0.15, -0.1) is 0 Å². The maximum absolute atomic E-state index is 10.9. The molecule has 0 radical (unpaired) electrons. The smallest absolute Gasteiger partial charge is 0.245 e. The van der Waals surface area contributed by atoms with E-state index in [1.54, 1.807) is 0 Å². The summed E-state index contributed by atoms with van der Waals surface area (Å²) in [7, 11) is 1.91. The Hall–Kier alpha value is -1.14. The van der Waals surface area contributed by atoms with Crippen LogP contribution in [-0.4, -0.2) is 61.7 Å².